The van der Waals surface area contributed by atoms with E-state index in [2.05, 4.69) is 5.32 Å². The first-order chi connectivity index (χ1) is 9.30. The highest BCUT2D eigenvalue weighted by atomic mass is 32.2. The average molecular weight is 300 g/mol. The lowest BCUT2D eigenvalue weighted by Crippen LogP contribution is -2.29. The van der Waals surface area contributed by atoms with E-state index in [4.69, 9.17) is 5.11 Å². The highest BCUT2D eigenvalue weighted by Gasteiger charge is 2.22. The lowest BCUT2D eigenvalue weighted by molar-refractivity contribution is 0.267. The first-order valence-electron chi connectivity index (χ1n) is 6.69. The number of rotatable bonds is 7. The predicted octanol–water partition coefficient (Wildman–Crippen LogP) is 1.76. The molecule has 20 heavy (non-hydrogen) atoms. The number of anilines is 1. The van der Waals surface area contributed by atoms with Crippen molar-refractivity contribution in [1.29, 1.82) is 0 Å². The van der Waals surface area contributed by atoms with Crippen molar-refractivity contribution < 1.29 is 13.5 Å². The van der Waals surface area contributed by atoms with Crippen LogP contribution in [0.25, 0.3) is 0 Å². The molecule has 0 aliphatic heterocycles. The van der Waals surface area contributed by atoms with E-state index in [-0.39, 0.29) is 23.5 Å². The first kappa shape index (κ1) is 16.9. The van der Waals surface area contributed by atoms with Crippen molar-refractivity contribution in [3.05, 3.63) is 24.3 Å². The Labute approximate surface area is 121 Å². The summed E-state index contributed by atoms with van der Waals surface area (Å²) >= 11 is 0. The van der Waals surface area contributed by atoms with Crippen LogP contribution in [0.5, 0.6) is 0 Å². The molecular formula is C14H24N2O3S. The van der Waals surface area contributed by atoms with Crippen LogP contribution in [0.3, 0.4) is 0 Å². The highest BCUT2D eigenvalue weighted by molar-refractivity contribution is 7.89. The maximum absolute atomic E-state index is 12.3. The molecular weight excluding hydrogens is 276 g/mol. The second kappa shape index (κ2) is 7.06. The van der Waals surface area contributed by atoms with Crippen LogP contribution in [0, 0.1) is 5.92 Å². The van der Waals surface area contributed by atoms with Crippen molar-refractivity contribution in [3.8, 4) is 0 Å². The molecule has 1 aromatic rings. The Balaban J connectivity index is 3.14. The Morgan fingerprint density at radius 2 is 1.85 bits per heavy atom. The van der Waals surface area contributed by atoms with Crippen molar-refractivity contribution >= 4 is 15.7 Å². The molecule has 0 heterocycles. The molecule has 0 saturated heterocycles. The molecule has 0 radical (unpaired) electrons. The largest absolute Gasteiger partial charge is 0.396 e. The van der Waals surface area contributed by atoms with Crippen LogP contribution in [0.15, 0.2) is 29.2 Å². The molecule has 1 aromatic carbocycles. The van der Waals surface area contributed by atoms with Gasteiger partial charge in [0, 0.05) is 26.7 Å². The molecule has 1 unspecified atom stereocenters. The van der Waals surface area contributed by atoms with E-state index in [1.54, 1.807) is 24.3 Å². The summed E-state index contributed by atoms with van der Waals surface area (Å²) < 4.78 is 25.8. The van der Waals surface area contributed by atoms with Crippen molar-refractivity contribution in [2.24, 2.45) is 5.92 Å². The van der Waals surface area contributed by atoms with Crippen molar-refractivity contribution in [2.45, 2.75) is 31.2 Å². The summed E-state index contributed by atoms with van der Waals surface area (Å²) in [5.74, 6) is 0.289. The number of aliphatic hydroxyl groups excluding tert-OH is 1. The summed E-state index contributed by atoms with van der Waals surface area (Å²) in [5, 5.41) is 12.4. The standard InChI is InChI=1S/C14H24N2O3S/c1-11(2)12(9-10-17)15-13-7-5-6-8-14(13)20(18,19)16(3)4/h5-8,11-12,15,17H,9-10H2,1-4H3. The third-order valence-corrected chi connectivity index (χ3v) is 5.10. The predicted molar refractivity (Wildman–Crippen MR) is 81.3 cm³/mol. The zero-order valence-corrected chi connectivity index (χ0v) is 13.3. The quantitative estimate of drug-likeness (QED) is 0.805. The second-order valence-electron chi connectivity index (χ2n) is 5.29. The highest BCUT2D eigenvalue weighted by Crippen LogP contribution is 2.25. The van der Waals surface area contributed by atoms with Crippen LogP contribution >= 0.6 is 0 Å². The minimum Gasteiger partial charge on any atom is -0.396 e. The van der Waals surface area contributed by atoms with Gasteiger partial charge in [0.15, 0.2) is 0 Å². The molecule has 0 aromatic heterocycles. The molecule has 0 bridgehead atoms. The fraction of sp³-hybridized carbons (Fsp3) is 0.571. The smallest absolute Gasteiger partial charge is 0.244 e. The topological polar surface area (TPSA) is 69.6 Å². The fourth-order valence-electron chi connectivity index (χ4n) is 1.92. The molecule has 6 heteroatoms. The Morgan fingerprint density at radius 1 is 1.25 bits per heavy atom. The Morgan fingerprint density at radius 3 is 2.35 bits per heavy atom. The zero-order valence-electron chi connectivity index (χ0n) is 12.5. The van der Waals surface area contributed by atoms with Gasteiger partial charge >= 0.3 is 0 Å². The zero-order chi connectivity index (χ0) is 15.3. The van der Waals surface area contributed by atoms with Crippen LogP contribution < -0.4 is 5.32 Å². The van der Waals surface area contributed by atoms with Crippen LogP contribution in [-0.2, 0) is 10.0 Å². The van der Waals surface area contributed by atoms with E-state index in [1.165, 1.54) is 18.4 Å². The molecule has 1 atom stereocenters. The Kier molecular flexibility index (Phi) is 5.98. The van der Waals surface area contributed by atoms with Crippen LogP contribution in [0.1, 0.15) is 20.3 Å². The number of hydrogen-bond donors (Lipinski definition) is 2. The van der Waals surface area contributed by atoms with Crippen molar-refractivity contribution in [2.75, 3.05) is 26.0 Å². The molecule has 0 spiro atoms. The fourth-order valence-corrected chi connectivity index (χ4v) is 2.97. The second-order valence-corrected chi connectivity index (χ2v) is 7.41. The lowest BCUT2D eigenvalue weighted by Gasteiger charge is -2.25. The molecule has 0 aliphatic carbocycles. The monoisotopic (exact) mass is 300 g/mol. The Hall–Kier alpha value is -1.11. The van der Waals surface area contributed by atoms with E-state index in [1.807, 2.05) is 13.8 Å². The van der Waals surface area contributed by atoms with Gasteiger partial charge < -0.3 is 10.4 Å². The summed E-state index contributed by atoms with van der Waals surface area (Å²) in [4.78, 5) is 0.258. The molecule has 0 aliphatic rings. The van der Waals surface area contributed by atoms with E-state index < -0.39 is 10.0 Å². The van der Waals surface area contributed by atoms with Crippen LogP contribution in [0.4, 0.5) is 5.69 Å². The van der Waals surface area contributed by atoms with Gasteiger partial charge in [-0.2, -0.15) is 0 Å². The maximum Gasteiger partial charge on any atom is 0.244 e. The SMILES string of the molecule is CC(C)C(CCO)Nc1ccccc1S(=O)(=O)N(C)C. The van der Waals surface area contributed by atoms with Gasteiger partial charge in [-0.05, 0) is 24.5 Å². The number of nitrogens with zero attached hydrogens (tertiary/aromatic N) is 1. The van der Waals surface area contributed by atoms with Gasteiger partial charge in [0.1, 0.15) is 4.90 Å². The maximum atomic E-state index is 12.3. The molecule has 2 N–H and O–H groups in total. The molecule has 5 nitrogen and oxygen atoms in total. The van der Waals surface area contributed by atoms with Gasteiger partial charge in [0.05, 0.1) is 5.69 Å². The van der Waals surface area contributed by atoms with Gasteiger partial charge in [0.25, 0.3) is 0 Å². The van der Waals surface area contributed by atoms with E-state index >= 15 is 0 Å². The van der Waals surface area contributed by atoms with E-state index in [0.29, 0.717) is 12.1 Å². The third kappa shape index (κ3) is 3.94. The summed E-state index contributed by atoms with van der Waals surface area (Å²) in [6.07, 6.45) is 0.577. The first-order valence-corrected chi connectivity index (χ1v) is 8.13. The minimum absolute atomic E-state index is 0.0264. The summed E-state index contributed by atoms with van der Waals surface area (Å²) in [7, 11) is -0.458. The van der Waals surface area contributed by atoms with Gasteiger partial charge in [-0.1, -0.05) is 26.0 Å². The minimum atomic E-state index is -3.49. The molecule has 0 amide bonds. The van der Waals surface area contributed by atoms with Gasteiger partial charge in [-0.25, -0.2) is 12.7 Å². The number of hydrogen-bond acceptors (Lipinski definition) is 4. The number of sulfonamides is 1. The summed E-state index contributed by atoms with van der Waals surface area (Å²) in [6.45, 7) is 4.14. The van der Waals surface area contributed by atoms with E-state index in [9.17, 15) is 8.42 Å². The van der Waals surface area contributed by atoms with Crippen LogP contribution in [-0.4, -0.2) is 44.6 Å². The van der Waals surface area contributed by atoms with Gasteiger partial charge in [0.2, 0.25) is 10.0 Å². The van der Waals surface area contributed by atoms with Crippen LogP contribution in [0.2, 0.25) is 0 Å². The van der Waals surface area contributed by atoms with Gasteiger partial charge in [-0.15, -0.1) is 0 Å². The number of nitrogens with one attached hydrogen (secondary N) is 1. The molecule has 114 valence electrons. The number of aliphatic hydroxyl groups is 1. The molecule has 0 fully saturated rings. The normalized spacial score (nSPS) is 13.8. The van der Waals surface area contributed by atoms with Crippen molar-refractivity contribution in [1.82, 2.24) is 4.31 Å². The number of para-hydroxylation sites is 1. The molecule has 1 rings (SSSR count). The summed E-state index contributed by atoms with van der Waals surface area (Å²) in [5.41, 5.74) is 0.577. The van der Waals surface area contributed by atoms with Gasteiger partial charge in [-0.3, -0.25) is 0 Å². The summed E-state index contributed by atoms with van der Waals surface area (Å²) in [6, 6.07) is 6.88. The third-order valence-electron chi connectivity index (χ3n) is 3.23. The van der Waals surface area contributed by atoms with E-state index in [0.717, 1.165) is 0 Å². The number of benzene rings is 1. The Bertz CT molecular complexity index is 527. The van der Waals surface area contributed by atoms with Crippen molar-refractivity contribution in [3.63, 3.8) is 0 Å². The average Bonchev–Trinajstić information content (AvgIpc) is 2.38. The molecule has 0 saturated carbocycles. The lowest BCUT2D eigenvalue weighted by atomic mass is 10.0.